The van der Waals surface area contributed by atoms with Gasteiger partial charge in [0.2, 0.25) is 12.5 Å². The number of likely N-dealkylation sites (N-methyl/N-ethyl adjacent to an activating group) is 1. The zero-order valence-electron chi connectivity index (χ0n) is 25.6. The summed E-state index contributed by atoms with van der Waals surface area (Å²) in [6.07, 6.45) is 1.95. The molecule has 0 aliphatic carbocycles. The smallest absolute Gasteiger partial charge is 0.318 e. The number of hydrogen-bond donors (Lipinski definition) is 0. The minimum absolute atomic E-state index is 0.00853. The van der Waals surface area contributed by atoms with Gasteiger partial charge in [0.1, 0.15) is 24.3 Å². The molecule has 10 nitrogen and oxygen atoms in total. The van der Waals surface area contributed by atoms with Gasteiger partial charge in [-0.05, 0) is 44.0 Å². The van der Waals surface area contributed by atoms with Crippen molar-refractivity contribution in [3.8, 4) is 6.01 Å². The van der Waals surface area contributed by atoms with Crippen LogP contribution in [0.4, 0.5) is 15.9 Å². The molecule has 3 aliphatic rings. The third kappa shape index (κ3) is 6.02. The van der Waals surface area contributed by atoms with Gasteiger partial charge < -0.3 is 29.0 Å². The van der Waals surface area contributed by atoms with Crippen molar-refractivity contribution < 1.29 is 18.7 Å². The molecule has 0 N–H and O–H groups in total. The Morgan fingerprint density at radius 2 is 2.09 bits per heavy atom. The molecule has 0 radical (unpaired) electrons. The van der Waals surface area contributed by atoms with Gasteiger partial charge in [-0.1, -0.05) is 36.4 Å². The van der Waals surface area contributed by atoms with Crippen LogP contribution in [0.3, 0.4) is 0 Å². The third-order valence-electron chi connectivity index (χ3n) is 9.22. The van der Waals surface area contributed by atoms with Crippen molar-refractivity contribution >= 4 is 39.8 Å². The Balaban J connectivity index is 1.32. The number of halogens is 2. The molecule has 2 saturated heterocycles. The van der Waals surface area contributed by atoms with Crippen LogP contribution in [0.5, 0.6) is 6.01 Å². The van der Waals surface area contributed by atoms with Crippen LogP contribution in [0.1, 0.15) is 18.2 Å². The molecule has 3 aliphatic heterocycles. The first-order valence-corrected chi connectivity index (χ1v) is 15.5. The van der Waals surface area contributed by atoms with Gasteiger partial charge in [-0.15, -0.1) is 0 Å². The van der Waals surface area contributed by atoms with Gasteiger partial charge >= 0.3 is 6.01 Å². The van der Waals surface area contributed by atoms with Crippen LogP contribution in [0.2, 0.25) is 5.02 Å². The minimum atomic E-state index is -0.454. The highest BCUT2D eigenvalue weighted by Gasteiger charge is 2.38. The van der Waals surface area contributed by atoms with Crippen LogP contribution in [0.25, 0.3) is 15.6 Å². The highest BCUT2D eigenvalue weighted by molar-refractivity contribution is 6.36. The number of aromatic nitrogens is 2. The fourth-order valence-electron chi connectivity index (χ4n) is 6.35. The maximum Gasteiger partial charge on any atom is 0.318 e. The molecule has 12 heteroatoms. The topological polar surface area (TPSA) is 78.6 Å². The molecule has 2 aromatic carbocycles. The van der Waals surface area contributed by atoms with Gasteiger partial charge in [-0.3, -0.25) is 9.69 Å². The van der Waals surface area contributed by atoms with Gasteiger partial charge in [0, 0.05) is 49.4 Å². The Morgan fingerprint density at radius 1 is 1.27 bits per heavy atom. The van der Waals surface area contributed by atoms with E-state index in [-0.39, 0.29) is 35.1 Å². The largest absolute Gasteiger partial charge is 0.462 e. The van der Waals surface area contributed by atoms with Gasteiger partial charge in [0.05, 0.1) is 36.0 Å². The fraction of sp³-hybridized carbons (Fsp3) is 0.455. The van der Waals surface area contributed by atoms with Crippen molar-refractivity contribution in [3.05, 3.63) is 76.5 Å². The Bertz CT molecular complexity index is 1660. The lowest BCUT2D eigenvalue weighted by molar-refractivity contribution is -0.128. The summed E-state index contributed by atoms with van der Waals surface area (Å²) in [6, 6.07) is 8.97. The molecule has 1 amide bonds. The van der Waals surface area contributed by atoms with E-state index in [4.69, 9.17) is 37.6 Å². The van der Waals surface area contributed by atoms with Crippen molar-refractivity contribution in [2.24, 2.45) is 0 Å². The van der Waals surface area contributed by atoms with Crippen molar-refractivity contribution in [2.75, 3.05) is 75.9 Å². The van der Waals surface area contributed by atoms with Crippen molar-refractivity contribution in [3.63, 3.8) is 0 Å². The van der Waals surface area contributed by atoms with Crippen LogP contribution in [0.15, 0.2) is 43.0 Å². The summed E-state index contributed by atoms with van der Waals surface area (Å²) in [6.45, 7) is 18.5. The molecule has 0 spiro atoms. The van der Waals surface area contributed by atoms with E-state index in [0.717, 1.165) is 28.1 Å². The number of benzene rings is 2. The average molecular weight is 634 g/mol. The van der Waals surface area contributed by atoms with Gasteiger partial charge in [-0.25, -0.2) is 11.0 Å². The number of anilines is 2. The van der Waals surface area contributed by atoms with Gasteiger partial charge in [0.25, 0.3) is 0 Å². The molecule has 4 heterocycles. The standard InChI is InChI=1S/C33H37ClFN7O3/c1-5-28(43)42-14-13-41(18-23(42)17-36-3)31-24-11-12-40(27-8-6-7-22-9-10-25(35)30(34)29(22)27)19-26(24)37-32(38-31)45-16-15-39(4)33(2)20-44-21-33/h5-10,23H,1,11-21H2,2,4H3/t23-/m0/s1. The summed E-state index contributed by atoms with van der Waals surface area (Å²) in [4.78, 5) is 34.2. The van der Waals surface area contributed by atoms with Crippen LogP contribution >= 0.6 is 11.6 Å². The van der Waals surface area contributed by atoms with Crippen LogP contribution in [-0.2, 0) is 22.5 Å². The van der Waals surface area contributed by atoms with E-state index < -0.39 is 5.82 Å². The molecule has 0 unspecified atom stereocenters. The molecule has 2 fully saturated rings. The lowest BCUT2D eigenvalue weighted by atomic mass is 9.99. The van der Waals surface area contributed by atoms with Crippen molar-refractivity contribution in [1.82, 2.24) is 19.8 Å². The summed E-state index contributed by atoms with van der Waals surface area (Å²) in [5.74, 6) is 0.141. The molecule has 1 atom stereocenters. The van der Waals surface area contributed by atoms with Crippen LogP contribution < -0.4 is 14.5 Å². The van der Waals surface area contributed by atoms with E-state index in [2.05, 4.69) is 40.1 Å². The van der Waals surface area contributed by atoms with Crippen LogP contribution in [0, 0.1) is 12.4 Å². The highest BCUT2D eigenvalue weighted by Crippen LogP contribution is 2.38. The second-order valence-corrected chi connectivity index (χ2v) is 12.5. The Labute approximate surface area is 267 Å². The molecule has 45 heavy (non-hydrogen) atoms. The van der Waals surface area contributed by atoms with Gasteiger partial charge in [-0.2, -0.15) is 9.97 Å². The van der Waals surface area contributed by atoms with Crippen molar-refractivity contribution in [1.29, 1.82) is 0 Å². The number of ether oxygens (including phenoxy) is 2. The first kappa shape index (κ1) is 31.0. The number of carbonyl (C=O) groups excluding carboxylic acids is 1. The fourth-order valence-corrected chi connectivity index (χ4v) is 6.62. The van der Waals surface area contributed by atoms with E-state index >= 15 is 0 Å². The van der Waals surface area contributed by atoms with E-state index in [1.165, 1.54) is 12.1 Å². The normalized spacial score (nSPS) is 19.2. The molecule has 236 valence electrons. The molecule has 3 aromatic rings. The predicted octanol–water partition coefficient (Wildman–Crippen LogP) is 4.21. The zero-order valence-corrected chi connectivity index (χ0v) is 26.4. The lowest BCUT2D eigenvalue weighted by Gasteiger charge is -2.45. The monoisotopic (exact) mass is 633 g/mol. The number of fused-ring (bicyclic) bond motifs is 2. The molecular weight excluding hydrogens is 597 g/mol. The maximum absolute atomic E-state index is 14.6. The van der Waals surface area contributed by atoms with E-state index in [9.17, 15) is 9.18 Å². The molecular formula is C33H37ClFN7O3. The second-order valence-electron chi connectivity index (χ2n) is 12.1. The number of rotatable bonds is 9. The van der Waals surface area contributed by atoms with E-state index in [1.807, 2.05) is 18.2 Å². The number of hydrogen-bond acceptors (Lipinski definition) is 8. The third-order valence-corrected chi connectivity index (χ3v) is 9.59. The molecule has 0 bridgehead atoms. The Morgan fingerprint density at radius 3 is 2.82 bits per heavy atom. The number of nitrogens with zero attached hydrogens (tertiary/aromatic N) is 7. The van der Waals surface area contributed by atoms with Gasteiger partial charge in [0.15, 0.2) is 0 Å². The van der Waals surface area contributed by atoms with Crippen molar-refractivity contribution in [2.45, 2.75) is 31.5 Å². The number of piperazine rings is 1. The maximum atomic E-state index is 14.6. The minimum Gasteiger partial charge on any atom is -0.462 e. The summed E-state index contributed by atoms with van der Waals surface area (Å²) in [7, 11) is 2.06. The first-order chi connectivity index (χ1) is 21.7. The molecule has 6 rings (SSSR count). The quantitative estimate of drug-likeness (QED) is 0.256. The van der Waals surface area contributed by atoms with E-state index in [0.29, 0.717) is 70.9 Å². The molecule has 0 saturated carbocycles. The summed E-state index contributed by atoms with van der Waals surface area (Å²) < 4.78 is 26.2. The first-order valence-electron chi connectivity index (χ1n) is 15.2. The Hall–Kier alpha value is -3.98. The lowest BCUT2D eigenvalue weighted by Crippen LogP contribution is -2.59. The van der Waals surface area contributed by atoms with E-state index in [1.54, 1.807) is 11.0 Å². The number of amides is 1. The Kier molecular flexibility index (Phi) is 8.82. The SMILES string of the molecule is [C-]#[N+]C[C@H]1CN(c2nc(OCCN(C)C3(C)COC3)nc3c2CCN(c2cccc4ccc(F)c(Cl)c24)C3)CCN1C(=O)C=C. The molecule has 1 aromatic heterocycles. The summed E-state index contributed by atoms with van der Waals surface area (Å²) in [5, 5.41) is 1.65. The zero-order chi connectivity index (χ0) is 31.7. The van der Waals surface area contributed by atoms with Crippen LogP contribution in [-0.4, -0.2) is 103 Å². The predicted molar refractivity (Wildman–Crippen MR) is 172 cm³/mol. The summed E-state index contributed by atoms with van der Waals surface area (Å²) in [5.41, 5.74) is 2.67. The number of carbonyl (C=O) groups is 1. The summed E-state index contributed by atoms with van der Waals surface area (Å²) >= 11 is 6.49. The highest BCUT2D eigenvalue weighted by atomic mass is 35.5. The second kappa shape index (κ2) is 12.8. The average Bonchev–Trinajstić information content (AvgIpc) is 3.04.